The minimum Gasteiger partial charge on any atom is -0.453 e. The highest BCUT2D eigenvalue weighted by Crippen LogP contribution is 2.28. The number of esters is 1. The molecule has 0 aliphatic carbocycles. The highest BCUT2D eigenvalue weighted by molar-refractivity contribution is 6.71. The third kappa shape index (κ3) is 13.4. The van der Waals surface area contributed by atoms with Crippen LogP contribution < -0.4 is 0 Å². The number of para-hydroxylation sites is 1. The van der Waals surface area contributed by atoms with Gasteiger partial charge in [0.1, 0.15) is 19.3 Å². The van der Waals surface area contributed by atoms with Crippen LogP contribution in [0.5, 0.6) is 0 Å². The first-order chi connectivity index (χ1) is 19.2. The maximum Gasteiger partial charge on any atom is 0.311 e. The van der Waals surface area contributed by atoms with E-state index in [0.29, 0.717) is 6.61 Å². The molecule has 0 fully saturated rings. The van der Waals surface area contributed by atoms with E-state index in [1.807, 2.05) is 30.5 Å². The van der Waals surface area contributed by atoms with E-state index in [4.69, 9.17) is 27.3 Å². The first-order valence-corrected chi connectivity index (χ1v) is 28.3. The molecule has 1 heterocycles. The van der Waals surface area contributed by atoms with Crippen molar-refractivity contribution >= 4 is 56.4 Å². The number of nitrogens with zero attached hydrogens (tertiary/aromatic N) is 1. The normalized spacial score (nSPS) is 16.4. The van der Waals surface area contributed by atoms with Crippen LogP contribution in [0, 0.1) is 0 Å². The molecule has 0 amide bonds. The zero-order valence-electron chi connectivity index (χ0n) is 28.0. The molecule has 1 aromatic heterocycles. The zero-order chi connectivity index (χ0) is 31.9. The van der Waals surface area contributed by atoms with E-state index in [-0.39, 0.29) is 6.42 Å². The average Bonchev–Trinajstić information content (AvgIpc) is 3.22. The Morgan fingerprint density at radius 3 is 1.95 bits per heavy atom. The molecule has 238 valence electrons. The van der Waals surface area contributed by atoms with Gasteiger partial charge in [-0.1, -0.05) is 23.4 Å². The average molecular weight is 655 g/mol. The van der Waals surface area contributed by atoms with Gasteiger partial charge in [0.25, 0.3) is 0 Å². The summed E-state index contributed by atoms with van der Waals surface area (Å²) in [5.74, 6) is -0.399. The number of hydrogen-bond acceptors (Lipinski definition) is 8. The maximum absolute atomic E-state index is 13.5. The summed E-state index contributed by atoms with van der Waals surface area (Å²) in [4.78, 5) is 21.8. The van der Waals surface area contributed by atoms with Crippen molar-refractivity contribution in [3.05, 3.63) is 36.0 Å². The number of rotatable bonds is 17. The fraction of sp³-hybridized carbons (Fsp3) is 0.655. The van der Waals surface area contributed by atoms with Gasteiger partial charge in [-0.25, -0.2) is 0 Å². The highest BCUT2D eigenvalue weighted by atomic mass is 28.4. The number of carbonyl (C=O) groups excluding carboxylic acids is 1. The lowest BCUT2D eigenvalue weighted by molar-refractivity contribution is -0.154. The molecule has 0 spiro atoms. The van der Waals surface area contributed by atoms with Gasteiger partial charge in [0.05, 0.1) is 25.3 Å². The Morgan fingerprint density at radius 1 is 0.833 bits per heavy atom. The second kappa shape index (κ2) is 14.9. The predicted molar refractivity (Wildman–Crippen MR) is 181 cm³/mol. The zero-order valence-corrected chi connectivity index (χ0v) is 32.0. The van der Waals surface area contributed by atoms with Crippen LogP contribution in [0.3, 0.4) is 0 Å². The summed E-state index contributed by atoms with van der Waals surface area (Å²) in [6.07, 6.45) is 0.875. The lowest BCUT2D eigenvalue weighted by Crippen LogP contribution is -2.59. The topological polar surface area (TPSA) is 101 Å². The monoisotopic (exact) mass is 654 g/mol. The molecule has 4 atom stereocenters. The number of ether oxygens (including phenoxy) is 1. The third-order valence-electron chi connectivity index (χ3n) is 5.77. The number of benzene rings is 1. The number of nitrogens with one attached hydrogen (secondary N) is 1. The fourth-order valence-corrected chi connectivity index (χ4v) is 8.37. The molecule has 0 unspecified atom stereocenters. The van der Waals surface area contributed by atoms with Gasteiger partial charge in [0.15, 0.2) is 39.4 Å². The number of H-pyrrole nitrogens is 1. The molecule has 0 saturated carbocycles. The maximum atomic E-state index is 13.5. The highest BCUT2D eigenvalue weighted by Gasteiger charge is 2.44. The van der Waals surface area contributed by atoms with Crippen LogP contribution >= 0.6 is 0 Å². The van der Waals surface area contributed by atoms with Crippen LogP contribution in [-0.2, 0) is 38.5 Å². The summed E-state index contributed by atoms with van der Waals surface area (Å²) in [5, 5.41) is 5.03. The van der Waals surface area contributed by atoms with E-state index < -0.39 is 63.7 Å². The first-order valence-electron chi connectivity index (χ1n) is 14.7. The van der Waals surface area contributed by atoms with Gasteiger partial charge in [-0.05, 0) is 90.2 Å². The molecule has 0 aliphatic heterocycles. The molecular weight excluding hydrogens is 601 g/mol. The van der Waals surface area contributed by atoms with Gasteiger partial charge in [0, 0.05) is 17.1 Å². The molecule has 1 N–H and O–H groups in total. The van der Waals surface area contributed by atoms with Crippen molar-refractivity contribution < 1.29 is 32.1 Å². The standard InChI is InChI=1S/C29H54N2O7Si4/c1-33-31-20-25(35-27(32)18-22-19-30-24-17-15-14-16-23(22)24)28(37-41(8,9)10)29(38-42(11,12)13)26(36-40(5,6)7)21-34-39(2,3)4/h14-17,19-20,25-26,28-30H,18,21H2,1-13H3/b31-20-/t25-,26+,28+,29+/m0/s1. The number of carbonyl (C=O) groups is 1. The summed E-state index contributed by atoms with van der Waals surface area (Å²) in [6, 6.07) is 7.88. The molecule has 0 radical (unpaired) electrons. The molecule has 9 nitrogen and oxygen atoms in total. The second-order valence-electron chi connectivity index (χ2n) is 14.5. The molecule has 1 aromatic carbocycles. The van der Waals surface area contributed by atoms with Gasteiger partial charge in [0.2, 0.25) is 0 Å². The van der Waals surface area contributed by atoms with E-state index in [1.165, 1.54) is 13.3 Å². The number of oxime groups is 1. The summed E-state index contributed by atoms with van der Waals surface area (Å²) in [6.45, 7) is 26.0. The molecule has 2 aromatic rings. The number of aromatic amines is 1. The Morgan fingerprint density at radius 2 is 1.40 bits per heavy atom. The van der Waals surface area contributed by atoms with Crippen molar-refractivity contribution in [2.75, 3.05) is 13.7 Å². The number of aromatic nitrogens is 1. The third-order valence-corrected chi connectivity index (χ3v) is 9.77. The van der Waals surface area contributed by atoms with Gasteiger partial charge in [-0.3, -0.25) is 4.79 Å². The largest absolute Gasteiger partial charge is 0.453 e. The Kier molecular flexibility index (Phi) is 13.0. The van der Waals surface area contributed by atoms with Gasteiger partial charge in [-0.15, -0.1) is 0 Å². The lowest BCUT2D eigenvalue weighted by Gasteiger charge is -2.43. The Bertz CT molecular complexity index is 1160. The fourth-order valence-electron chi connectivity index (χ4n) is 4.40. The van der Waals surface area contributed by atoms with Gasteiger partial charge >= 0.3 is 5.97 Å². The van der Waals surface area contributed by atoms with E-state index in [2.05, 4.69) is 88.7 Å². The SMILES string of the molecule is CO/N=C\[C@H](OC(=O)Cc1c[nH]c2ccccc12)[C@@H](O[Si](C)(C)C)[C@H](O[Si](C)(C)C)[C@@H](CO[Si](C)(C)C)O[Si](C)(C)C. The summed E-state index contributed by atoms with van der Waals surface area (Å²) >= 11 is 0. The van der Waals surface area contributed by atoms with E-state index in [0.717, 1.165) is 16.5 Å². The smallest absolute Gasteiger partial charge is 0.311 e. The van der Waals surface area contributed by atoms with Gasteiger partial charge < -0.3 is 32.3 Å². The predicted octanol–water partition coefficient (Wildman–Crippen LogP) is 6.77. The van der Waals surface area contributed by atoms with E-state index >= 15 is 0 Å². The molecule has 0 saturated heterocycles. The van der Waals surface area contributed by atoms with Crippen LogP contribution in [0.4, 0.5) is 0 Å². The molecule has 2 rings (SSSR count). The van der Waals surface area contributed by atoms with E-state index in [1.54, 1.807) is 0 Å². The van der Waals surface area contributed by atoms with Crippen molar-refractivity contribution in [1.29, 1.82) is 0 Å². The summed E-state index contributed by atoms with van der Waals surface area (Å²) < 4.78 is 33.1. The van der Waals surface area contributed by atoms with Crippen LogP contribution in [0.25, 0.3) is 10.9 Å². The molecule has 42 heavy (non-hydrogen) atoms. The minimum absolute atomic E-state index is 0.0914. The number of hydrogen-bond donors (Lipinski definition) is 1. The number of fused-ring (bicyclic) bond motifs is 1. The first kappa shape index (κ1) is 36.6. The van der Waals surface area contributed by atoms with Gasteiger partial charge in [-0.2, -0.15) is 0 Å². The second-order valence-corrected chi connectivity index (χ2v) is 32.4. The summed E-state index contributed by atoms with van der Waals surface area (Å²) in [5.41, 5.74) is 1.83. The van der Waals surface area contributed by atoms with Crippen molar-refractivity contribution in [1.82, 2.24) is 4.98 Å². The molecular formula is C29H54N2O7Si4. The molecule has 13 heteroatoms. The van der Waals surface area contributed by atoms with Crippen LogP contribution in [0.15, 0.2) is 35.6 Å². The van der Waals surface area contributed by atoms with Crippen molar-refractivity contribution in [2.45, 2.75) is 109 Å². The lowest BCUT2D eigenvalue weighted by atomic mass is 10.0. The van der Waals surface area contributed by atoms with Crippen LogP contribution in [0.2, 0.25) is 78.6 Å². The Labute approximate surface area is 257 Å². The van der Waals surface area contributed by atoms with Crippen molar-refractivity contribution in [3.8, 4) is 0 Å². The van der Waals surface area contributed by atoms with Crippen molar-refractivity contribution in [2.24, 2.45) is 5.16 Å². The van der Waals surface area contributed by atoms with Crippen LogP contribution in [0.1, 0.15) is 5.56 Å². The molecule has 0 aliphatic rings. The van der Waals surface area contributed by atoms with Crippen molar-refractivity contribution in [3.63, 3.8) is 0 Å². The summed E-state index contributed by atoms with van der Waals surface area (Å²) in [7, 11) is -6.87. The quantitative estimate of drug-likeness (QED) is 0.0870. The van der Waals surface area contributed by atoms with Crippen LogP contribution in [-0.4, -0.2) is 88.6 Å². The Hall–Kier alpha value is -1.59. The minimum atomic E-state index is -2.21. The Balaban J connectivity index is 2.56. The van der Waals surface area contributed by atoms with E-state index in [9.17, 15) is 4.79 Å². The molecule has 0 bridgehead atoms.